The predicted molar refractivity (Wildman–Crippen MR) is 92.6 cm³/mol. The molecule has 0 atom stereocenters. The molecule has 0 aliphatic carbocycles. The van der Waals surface area contributed by atoms with Crippen LogP contribution in [-0.2, 0) is 13.1 Å². The van der Waals surface area contributed by atoms with E-state index >= 15 is 0 Å². The number of halogens is 1. The lowest BCUT2D eigenvalue weighted by Crippen LogP contribution is -2.06. The van der Waals surface area contributed by atoms with Crippen molar-refractivity contribution in [3.63, 3.8) is 0 Å². The number of benzene rings is 2. The summed E-state index contributed by atoms with van der Waals surface area (Å²) >= 11 is 0. The molecule has 0 radical (unpaired) electrons. The molecule has 122 valence electrons. The second-order valence-corrected chi connectivity index (χ2v) is 6.01. The molecule has 0 bridgehead atoms. The van der Waals surface area contributed by atoms with Gasteiger partial charge in [0.05, 0.1) is 22.4 Å². The van der Waals surface area contributed by atoms with Gasteiger partial charge in [0.1, 0.15) is 12.1 Å². The minimum absolute atomic E-state index is 0.256. The van der Waals surface area contributed by atoms with Gasteiger partial charge in [-0.3, -0.25) is 4.57 Å². The van der Waals surface area contributed by atoms with Crippen LogP contribution >= 0.6 is 0 Å². The molecule has 1 N–H and O–H groups in total. The first kappa shape index (κ1) is 14.2. The normalized spacial score (nSPS) is 13.3. The number of nitrogens with zero attached hydrogens (tertiary/aromatic N) is 4. The van der Waals surface area contributed by atoms with Crippen molar-refractivity contribution < 1.29 is 4.39 Å². The van der Waals surface area contributed by atoms with Crippen molar-refractivity contribution in [1.82, 2.24) is 24.8 Å². The molecule has 6 heteroatoms. The fourth-order valence-corrected chi connectivity index (χ4v) is 3.23. The van der Waals surface area contributed by atoms with E-state index in [-0.39, 0.29) is 5.82 Å². The van der Waals surface area contributed by atoms with E-state index in [1.807, 2.05) is 28.8 Å². The van der Waals surface area contributed by atoms with Gasteiger partial charge in [0.15, 0.2) is 0 Å². The number of para-hydroxylation sites is 2. The smallest absolute Gasteiger partial charge is 0.236 e. The van der Waals surface area contributed by atoms with E-state index in [0.29, 0.717) is 19.0 Å². The van der Waals surface area contributed by atoms with Crippen LogP contribution in [0, 0.1) is 5.82 Å². The minimum atomic E-state index is -0.256. The summed E-state index contributed by atoms with van der Waals surface area (Å²) < 4.78 is 15.2. The van der Waals surface area contributed by atoms with Gasteiger partial charge in [-0.2, -0.15) is 0 Å². The molecular formula is C19H14FN5. The van der Waals surface area contributed by atoms with Crippen LogP contribution in [0.3, 0.4) is 0 Å². The van der Waals surface area contributed by atoms with Crippen molar-refractivity contribution in [1.29, 1.82) is 0 Å². The predicted octanol–water partition coefficient (Wildman–Crippen LogP) is 3.22. The zero-order valence-electron chi connectivity index (χ0n) is 13.3. The van der Waals surface area contributed by atoms with Crippen LogP contribution < -0.4 is 5.32 Å². The van der Waals surface area contributed by atoms with Gasteiger partial charge >= 0.3 is 0 Å². The third kappa shape index (κ3) is 2.30. The lowest BCUT2D eigenvalue weighted by atomic mass is 10.1. The monoisotopic (exact) mass is 331 g/mol. The van der Waals surface area contributed by atoms with Gasteiger partial charge in [0.25, 0.3) is 0 Å². The highest BCUT2D eigenvalue weighted by Crippen LogP contribution is 2.28. The maximum atomic E-state index is 13.3. The fraction of sp³-hybridized carbons (Fsp3) is 0.105. The molecule has 1 aliphatic heterocycles. The first-order valence-corrected chi connectivity index (χ1v) is 8.08. The van der Waals surface area contributed by atoms with Crippen molar-refractivity contribution in [2.24, 2.45) is 0 Å². The summed E-state index contributed by atoms with van der Waals surface area (Å²) in [5.74, 6) is 0.323. The number of rotatable bonds is 2. The van der Waals surface area contributed by atoms with E-state index < -0.39 is 0 Å². The molecule has 5 rings (SSSR count). The Bertz CT molecular complexity index is 1080. The summed E-state index contributed by atoms with van der Waals surface area (Å²) in [7, 11) is 0. The summed E-state index contributed by atoms with van der Waals surface area (Å²) in [6.45, 7) is 1.42. The number of aromatic nitrogens is 4. The first-order chi connectivity index (χ1) is 12.3. The van der Waals surface area contributed by atoms with E-state index in [0.717, 1.165) is 33.5 Å². The Kier molecular flexibility index (Phi) is 3.11. The summed E-state index contributed by atoms with van der Waals surface area (Å²) in [6.07, 6.45) is 1.74. The molecule has 1 aliphatic rings. The molecule has 5 nitrogen and oxygen atoms in total. The Hall–Kier alpha value is -3.12. The molecule has 4 aromatic rings. The van der Waals surface area contributed by atoms with Crippen molar-refractivity contribution in [3.8, 4) is 17.2 Å². The van der Waals surface area contributed by atoms with Gasteiger partial charge in [0, 0.05) is 24.2 Å². The second kappa shape index (κ2) is 5.46. The molecule has 2 aromatic carbocycles. The van der Waals surface area contributed by atoms with E-state index in [1.165, 1.54) is 12.1 Å². The Balaban J connectivity index is 1.74. The number of imidazole rings is 1. The summed E-state index contributed by atoms with van der Waals surface area (Å²) in [4.78, 5) is 13.9. The Labute approximate surface area is 143 Å². The second-order valence-electron chi connectivity index (χ2n) is 6.01. The average molecular weight is 331 g/mol. The number of hydrogen-bond acceptors (Lipinski definition) is 4. The first-order valence-electron chi connectivity index (χ1n) is 8.08. The van der Waals surface area contributed by atoms with E-state index in [2.05, 4.69) is 10.3 Å². The van der Waals surface area contributed by atoms with Gasteiger partial charge in [-0.05, 0) is 36.4 Å². The molecule has 2 aromatic heterocycles. The highest BCUT2D eigenvalue weighted by Gasteiger charge is 2.21. The SMILES string of the molecule is Fc1ccc(-c2nc(-n3cnc4ccccc43)nc3c2CNC3)cc1. The zero-order valence-corrected chi connectivity index (χ0v) is 13.3. The highest BCUT2D eigenvalue weighted by atomic mass is 19.1. The molecule has 0 spiro atoms. The molecule has 25 heavy (non-hydrogen) atoms. The quantitative estimate of drug-likeness (QED) is 0.613. The fourth-order valence-electron chi connectivity index (χ4n) is 3.23. The minimum Gasteiger partial charge on any atom is -0.307 e. The number of nitrogens with one attached hydrogen (secondary N) is 1. The molecule has 0 fully saturated rings. The zero-order chi connectivity index (χ0) is 16.8. The van der Waals surface area contributed by atoms with Crippen molar-refractivity contribution in [3.05, 3.63) is 71.9 Å². The molecule has 0 unspecified atom stereocenters. The molecular weight excluding hydrogens is 317 g/mol. The van der Waals surface area contributed by atoms with Crippen molar-refractivity contribution in [2.75, 3.05) is 0 Å². The van der Waals surface area contributed by atoms with Crippen LogP contribution in [-0.4, -0.2) is 19.5 Å². The van der Waals surface area contributed by atoms with Gasteiger partial charge in [-0.1, -0.05) is 12.1 Å². The molecule has 0 amide bonds. The van der Waals surface area contributed by atoms with Gasteiger partial charge in [-0.15, -0.1) is 0 Å². The average Bonchev–Trinajstić information content (AvgIpc) is 3.28. The number of hydrogen-bond donors (Lipinski definition) is 1. The maximum Gasteiger partial charge on any atom is 0.236 e. The molecule has 3 heterocycles. The largest absolute Gasteiger partial charge is 0.307 e. The lowest BCUT2D eigenvalue weighted by molar-refractivity contribution is 0.628. The van der Waals surface area contributed by atoms with Gasteiger partial charge in [0.2, 0.25) is 5.95 Å². The van der Waals surface area contributed by atoms with Crippen LogP contribution in [0.5, 0.6) is 0 Å². The molecule has 0 saturated heterocycles. The Morgan fingerprint density at radius 2 is 1.80 bits per heavy atom. The standard InChI is InChI=1S/C19H14FN5/c20-13-7-5-12(6-8-13)18-14-9-21-10-16(14)23-19(24-18)25-11-22-15-3-1-2-4-17(15)25/h1-8,11,21H,9-10H2. The Morgan fingerprint density at radius 3 is 2.68 bits per heavy atom. The third-order valence-electron chi connectivity index (χ3n) is 4.46. The van der Waals surface area contributed by atoms with Crippen molar-refractivity contribution >= 4 is 11.0 Å². The molecule has 0 saturated carbocycles. The van der Waals surface area contributed by atoms with Crippen LogP contribution in [0.15, 0.2) is 54.9 Å². The number of fused-ring (bicyclic) bond motifs is 2. The van der Waals surface area contributed by atoms with Gasteiger partial charge < -0.3 is 5.32 Å². The maximum absolute atomic E-state index is 13.3. The third-order valence-corrected chi connectivity index (χ3v) is 4.46. The van der Waals surface area contributed by atoms with Crippen LogP contribution in [0.1, 0.15) is 11.3 Å². The van der Waals surface area contributed by atoms with Crippen molar-refractivity contribution in [2.45, 2.75) is 13.1 Å². The van der Waals surface area contributed by atoms with E-state index in [1.54, 1.807) is 18.5 Å². The summed E-state index contributed by atoms with van der Waals surface area (Å²) in [5, 5.41) is 3.32. The Morgan fingerprint density at radius 1 is 0.960 bits per heavy atom. The highest BCUT2D eigenvalue weighted by molar-refractivity contribution is 5.76. The van der Waals surface area contributed by atoms with E-state index in [9.17, 15) is 4.39 Å². The van der Waals surface area contributed by atoms with Crippen LogP contribution in [0.4, 0.5) is 4.39 Å². The van der Waals surface area contributed by atoms with E-state index in [4.69, 9.17) is 9.97 Å². The van der Waals surface area contributed by atoms with Crippen LogP contribution in [0.25, 0.3) is 28.2 Å². The summed E-state index contributed by atoms with van der Waals surface area (Å²) in [6, 6.07) is 14.3. The summed E-state index contributed by atoms with van der Waals surface area (Å²) in [5.41, 5.74) is 5.62. The lowest BCUT2D eigenvalue weighted by Gasteiger charge is -2.11. The van der Waals surface area contributed by atoms with Crippen LogP contribution in [0.2, 0.25) is 0 Å². The van der Waals surface area contributed by atoms with Gasteiger partial charge in [-0.25, -0.2) is 19.3 Å². The topological polar surface area (TPSA) is 55.6 Å².